The summed E-state index contributed by atoms with van der Waals surface area (Å²) in [5.74, 6) is 0.345. The zero-order valence-corrected chi connectivity index (χ0v) is 11.1. The van der Waals surface area contributed by atoms with Gasteiger partial charge in [0.25, 0.3) is 0 Å². The van der Waals surface area contributed by atoms with Gasteiger partial charge in [0.05, 0.1) is 0 Å². The van der Waals surface area contributed by atoms with Gasteiger partial charge in [-0.1, -0.05) is 34.1 Å². The van der Waals surface area contributed by atoms with Crippen LogP contribution in [0.1, 0.15) is 59.8 Å². The van der Waals surface area contributed by atoms with Crippen LogP contribution in [0.5, 0.6) is 0 Å². The molecule has 0 aromatic rings. The van der Waals surface area contributed by atoms with E-state index in [1.165, 1.54) is 32.0 Å². The summed E-state index contributed by atoms with van der Waals surface area (Å²) < 4.78 is 0. The molecule has 3 aliphatic carbocycles. The quantitative estimate of drug-likeness (QED) is 0.614. The lowest BCUT2D eigenvalue weighted by Crippen LogP contribution is -2.80. The number of carbonyl (C=O) groups excluding carboxylic acids is 1. The number of hydrogen-bond acceptors (Lipinski definition) is 1. The van der Waals surface area contributed by atoms with Gasteiger partial charge in [-0.15, -0.1) is 0 Å². The van der Waals surface area contributed by atoms with Crippen molar-refractivity contribution in [3.8, 4) is 0 Å². The maximum atomic E-state index is 11.2. The first-order chi connectivity index (χ1) is 7.33. The fraction of sp³-hybridized carbons (Fsp3) is 0.933. The Hall–Kier alpha value is -0.330. The largest absolute Gasteiger partial charge is 0.303 e. The van der Waals surface area contributed by atoms with Gasteiger partial charge in [-0.2, -0.15) is 0 Å². The molecular formula is C15H24O. The summed E-state index contributed by atoms with van der Waals surface area (Å²) in [6, 6.07) is 0. The van der Waals surface area contributed by atoms with Crippen molar-refractivity contribution in [2.75, 3.05) is 0 Å². The third-order valence-electron chi connectivity index (χ3n) is 6.96. The first kappa shape index (κ1) is 10.8. The number of hydrogen-bond donors (Lipinski definition) is 0. The van der Waals surface area contributed by atoms with Crippen LogP contribution in [0.4, 0.5) is 0 Å². The third-order valence-corrected chi connectivity index (χ3v) is 6.96. The van der Waals surface area contributed by atoms with Crippen molar-refractivity contribution in [2.45, 2.75) is 59.8 Å². The van der Waals surface area contributed by atoms with Crippen LogP contribution in [-0.2, 0) is 4.79 Å². The lowest BCUT2D eigenvalue weighted by Gasteiger charge is -2.85. The highest BCUT2D eigenvalue weighted by Crippen LogP contribution is 2.88. The fourth-order valence-electron chi connectivity index (χ4n) is 6.55. The van der Waals surface area contributed by atoms with E-state index in [4.69, 9.17) is 0 Å². The summed E-state index contributed by atoms with van der Waals surface area (Å²) in [6.07, 6.45) is 7.80. The lowest BCUT2D eigenvalue weighted by atomic mass is 9.18. The molecule has 0 heterocycles. The molecule has 3 fully saturated rings. The van der Waals surface area contributed by atoms with Gasteiger partial charge in [0.2, 0.25) is 0 Å². The van der Waals surface area contributed by atoms with Crippen LogP contribution in [0.2, 0.25) is 0 Å². The third kappa shape index (κ3) is 0.762. The summed E-state index contributed by atoms with van der Waals surface area (Å²) in [4.78, 5) is 11.2. The molecule has 0 radical (unpaired) electrons. The predicted molar refractivity (Wildman–Crippen MR) is 65.1 cm³/mol. The highest BCUT2D eigenvalue weighted by atomic mass is 16.1. The Morgan fingerprint density at radius 2 is 1.81 bits per heavy atom. The second-order valence-electron chi connectivity index (χ2n) is 7.74. The number of rotatable bonds is 1. The van der Waals surface area contributed by atoms with Crippen LogP contribution >= 0.6 is 0 Å². The van der Waals surface area contributed by atoms with Gasteiger partial charge in [-0.3, -0.25) is 0 Å². The maximum absolute atomic E-state index is 11.2. The van der Waals surface area contributed by atoms with Crippen molar-refractivity contribution >= 4 is 6.29 Å². The monoisotopic (exact) mass is 220 g/mol. The van der Waals surface area contributed by atoms with Crippen molar-refractivity contribution in [3.63, 3.8) is 0 Å². The van der Waals surface area contributed by atoms with Crippen LogP contribution in [0, 0.1) is 27.6 Å². The Morgan fingerprint density at radius 3 is 2.31 bits per heavy atom. The first-order valence-electron chi connectivity index (χ1n) is 6.78. The number of aldehydes is 1. The van der Waals surface area contributed by atoms with E-state index in [9.17, 15) is 4.79 Å². The van der Waals surface area contributed by atoms with Crippen molar-refractivity contribution in [1.82, 2.24) is 0 Å². The van der Waals surface area contributed by atoms with Gasteiger partial charge in [0.15, 0.2) is 0 Å². The van der Waals surface area contributed by atoms with E-state index < -0.39 is 0 Å². The molecule has 0 N–H and O–H groups in total. The van der Waals surface area contributed by atoms with Crippen LogP contribution < -0.4 is 0 Å². The van der Waals surface area contributed by atoms with E-state index in [0.717, 1.165) is 6.42 Å². The summed E-state index contributed by atoms with van der Waals surface area (Å²) in [6.45, 7) is 9.76. The first-order valence-corrected chi connectivity index (χ1v) is 6.78. The van der Waals surface area contributed by atoms with Crippen LogP contribution in [0.25, 0.3) is 0 Å². The van der Waals surface area contributed by atoms with E-state index in [1.54, 1.807) is 0 Å². The van der Waals surface area contributed by atoms with Crippen LogP contribution in [0.3, 0.4) is 0 Å². The average molecular weight is 220 g/mol. The van der Waals surface area contributed by atoms with Gasteiger partial charge in [-0.25, -0.2) is 0 Å². The Bertz CT molecular complexity index is 345. The predicted octanol–water partition coefficient (Wildman–Crippen LogP) is 3.82. The molecule has 3 aliphatic rings. The minimum atomic E-state index is 0.327. The molecule has 90 valence electrons. The molecule has 3 saturated carbocycles. The molecule has 3 rings (SSSR count). The van der Waals surface area contributed by atoms with Gasteiger partial charge in [0.1, 0.15) is 6.29 Å². The number of carbonyl (C=O) groups is 1. The minimum absolute atomic E-state index is 0.327. The van der Waals surface area contributed by atoms with Crippen LogP contribution in [-0.4, -0.2) is 6.29 Å². The molecule has 0 bridgehead atoms. The molecule has 1 unspecified atom stereocenters. The second kappa shape index (κ2) is 2.57. The molecule has 0 amide bonds. The highest BCUT2D eigenvalue weighted by molar-refractivity contribution is 5.61. The molecule has 0 aromatic carbocycles. The summed E-state index contributed by atoms with van der Waals surface area (Å²) in [5, 5.41) is 0. The van der Waals surface area contributed by atoms with Crippen molar-refractivity contribution in [3.05, 3.63) is 0 Å². The molecule has 1 heteroatoms. The standard InChI is InChI=1S/C15H24O/c1-12(2)6-5-7-13(3)10-14(4)11(9-16)8-15(12,13)14/h9,11H,5-8,10H2,1-4H3/t11-,13+,14-,15?/m1/s1. The second-order valence-corrected chi connectivity index (χ2v) is 7.74. The smallest absolute Gasteiger partial charge is 0.123 e. The minimum Gasteiger partial charge on any atom is -0.303 e. The SMILES string of the molecule is CC1(C)CCC[C@@]2(C)C[C@]3(C)[C@@H](C=O)CC123. The average Bonchev–Trinajstić information content (AvgIpc) is 2.14. The van der Waals surface area contributed by atoms with Crippen LogP contribution in [0.15, 0.2) is 0 Å². The summed E-state index contributed by atoms with van der Waals surface area (Å²) in [5.41, 5.74) is 1.76. The Labute approximate surface area is 99.0 Å². The Morgan fingerprint density at radius 1 is 1.12 bits per heavy atom. The lowest BCUT2D eigenvalue weighted by molar-refractivity contribution is -0.368. The van der Waals surface area contributed by atoms with Crippen molar-refractivity contribution in [2.24, 2.45) is 27.6 Å². The molecule has 1 spiro atoms. The molecule has 4 atom stereocenters. The fourth-order valence-corrected chi connectivity index (χ4v) is 6.55. The normalized spacial score (nSPS) is 57.6. The van der Waals surface area contributed by atoms with Gasteiger partial charge < -0.3 is 4.79 Å². The molecule has 0 saturated heterocycles. The molecule has 0 aromatic heterocycles. The van der Waals surface area contributed by atoms with E-state index in [0.29, 0.717) is 27.6 Å². The van der Waals surface area contributed by atoms with Gasteiger partial charge in [0, 0.05) is 5.92 Å². The maximum Gasteiger partial charge on any atom is 0.123 e. The zero-order chi connectivity index (χ0) is 11.8. The molecule has 0 aliphatic heterocycles. The molecule has 16 heavy (non-hydrogen) atoms. The van der Waals surface area contributed by atoms with Crippen molar-refractivity contribution < 1.29 is 4.79 Å². The topological polar surface area (TPSA) is 17.1 Å². The Balaban J connectivity index is 2.05. The van der Waals surface area contributed by atoms with E-state index in [-0.39, 0.29) is 0 Å². The van der Waals surface area contributed by atoms with E-state index in [1.807, 2.05) is 0 Å². The van der Waals surface area contributed by atoms with Crippen molar-refractivity contribution in [1.29, 1.82) is 0 Å². The van der Waals surface area contributed by atoms with E-state index >= 15 is 0 Å². The summed E-state index contributed by atoms with van der Waals surface area (Å²) in [7, 11) is 0. The van der Waals surface area contributed by atoms with Gasteiger partial charge >= 0.3 is 0 Å². The Kier molecular flexibility index (Phi) is 1.73. The highest BCUT2D eigenvalue weighted by Gasteiger charge is 2.82. The van der Waals surface area contributed by atoms with Gasteiger partial charge in [-0.05, 0) is 47.3 Å². The summed E-state index contributed by atoms with van der Waals surface area (Å²) >= 11 is 0. The molecule has 1 nitrogen and oxygen atoms in total. The zero-order valence-electron chi connectivity index (χ0n) is 11.1. The van der Waals surface area contributed by atoms with E-state index in [2.05, 4.69) is 27.7 Å². The molecular weight excluding hydrogens is 196 g/mol.